The third kappa shape index (κ3) is 19.2. The van der Waals surface area contributed by atoms with Gasteiger partial charge >= 0.3 is 0 Å². The summed E-state index contributed by atoms with van der Waals surface area (Å²) in [7, 11) is 0. The maximum atomic E-state index is 7.50. The zero-order valence-corrected chi connectivity index (χ0v) is 10.7. The van der Waals surface area contributed by atoms with Gasteiger partial charge in [0.05, 0.1) is 0 Å². The van der Waals surface area contributed by atoms with E-state index in [2.05, 4.69) is 26.9 Å². The molecular weight excluding hydrogens is 364 g/mol. The Bertz CT molecular complexity index is 210. The second-order valence-corrected chi connectivity index (χ2v) is 1.61. The molecule has 76 valence electrons. The molecule has 0 spiro atoms. The Morgan fingerprint density at radius 1 is 0.867 bits per heavy atom. The molecule has 0 aromatic heterocycles. The maximum absolute atomic E-state index is 7.50. The topological polar surface area (TPSA) is 51.2 Å². The summed E-state index contributed by atoms with van der Waals surface area (Å²) in [6.07, 6.45) is 1.83. The smallest absolute Gasteiger partial charge is 0.281 e. The zero-order valence-electron chi connectivity index (χ0n) is 7.80. The normalized spacial score (nSPS) is 5.33. The first-order valence-corrected chi connectivity index (χ1v) is 3.22. The molecule has 0 atom stereocenters. The van der Waals surface area contributed by atoms with E-state index in [9.17, 15) is 0 Å². The summed E-state index contributed by atoms with van der Waals surface area (Å²) < 4.78 is 0. The van der Waals surface area contributed by atoms with Gasteiger partial charge in [-0.3, -0.25) is 14.4 Å². The molecule has 1 aromatic carbocycles. The number of carbonyl (C=O) groups excluding carboxylic acids is 3. The summed E-state index contributed by atoms with van der Waals surface area (Å²) in [4.78, 5) is 22.5. The number of rotatable bonds is 1. The van der Waals surface area contributed by atoms with E-state index in [0.717, 1.165) is 0 Å². The Kier molecular flexibility index (Phi) is 45.9. The molecule has 0 unspecified atom stereocenters. The third-order valence-electron chi connectivity index (χ3n) is 1.04. The van der Waals surface area contributed by atoms with Crippen molar-refractivity contribution in [3.05, 3.63) is 42.5 Å². The fraction of sp³-hybridized carbons (Fsp3) is 0. The van der Waals surface area contributed by atoms with Gasteiger partial charge in [0.15, 0.2) is 0 Å². The van der Waals surface area contributed by atoms with Crippen LogP contribution in [-0.2, 0) is 35.4 Å². The van der Waals surface area contributed by atoms with E-state index in [4.69, 9.17) is 14.4 Å². The van der Waals surface area contributed by atoms with Crippen molar-refractivity contribution in [2.45, 2.75) is 0 Å². The predicted octanol–water partition coefficient (Wildman–Crippen LogP) is 1.14. The van der Waals surface area contributed by atoms with Crippen molar-refractivity contribution >= 4 is 26.4 Å². The van der Waals surface area contributed by atoms with E-state index >= 15 is 0 Å². The number of hydrogen-bond donors (Lipinski definition) is 0. The molecule has 0 aliphatic rings. The molecule has 0 fully saturated rings. The third-order valence-corrected chi connectivity index (χ3v) is 1.04. The van der Waals surface area contributed by atoms with Crippen molar-refractivity contribution in [1.82, 2.24) is 0 Å². The van der Waals surface area contributed by atoms with E-state index in [1.54, 1.807) is 0 Å². The van der Waals surface area contributed by atoms with Gasteiger partial charge in [-0.25, -0.2) is 0 Å². The molecule has 0 aliphatic heterocycles. The van der Waals surface area contributed by atoms with Crippen LogP contribution < -0.4 is 0 Å². The fourth-order valence-electron chi connectivity index (χ4n) is 0.589. The van der Waals surface area contributed by atoms with Crippen LogP contribution in [0, 0.1) is 0 Å². The Morgan fingerprint density at radius 2 is 1.20 bits per heavy atom. The van der Waals surface area contributed by atoms with Crippen molar-refractivity contribution in [2.75, 3.05) is 0 Å². The summed E-state index contributed by atoms with van der Waals surface area (Å²) in [5, 5.41) is 0. The molecule has 0 saturated carbocycles. The van der Waals surface area contributed by atoms with E-state index in [1.165, 1.54) is 5.56 Å². The zero-order chi connectivity index (χ0) is 11.8. The van der Waals surface area contributed by atoms with Crippen LogP contribution in [0.4, 0.5) is 0 Å². The molecular formula is C11H8O3W. The minimum atomic E-state index is 0. The first kappa shape index (κ1) is 23.5. The molecule has 0 saturated heterocycles. The van der Waals surface area contributed by atoms with Gasteiger partial charge in [0.1, 0.15) is 0 Å². The minimum absolute atomic E-state index is 0. The van der Waals surface area contributed by atoms with Gasteiger partial charge in [-0.1, -0.05) is 43.0 Å². The van der Waals surface area contributed by atoms with Gasteiger partial charge in [-0.2, -0.15) is 0 Å². The Balaban J connectivity index is -0.0000000755. The molecule has 1 rings (SSSR count). The molecule has 0 aliphatic carbocycles. The summed E-state index contributed by atoms with van der Waals surface area (Å²) in [5.74, 6) is 0. The van der Waals surface area contributed by atoms with E-state index in [1.807, 2.05) is 36.4 Å². The van der Waals surface area contributed by atoms with Crippen LogP contribution >= 0.6 is 0 Å². The van der Waals surface area contributed by atoms with Crippen LogP contribution in [0.15, 0.2) is 36.9 Å². The van der Waals surface area contributed by atoms with Crippen molar-refractivity contribution < 1.29 is 35.4 Å². The van der Waals surface area contributed by atoms with Gasteiger partial charge in [-0.15, -0.1) is 0 Å². The molecule has 0 heterocycles. The van der Waals surface area contributed by atoms with Gasteiger partial charge < -0.3 is 0 Å². The van der Waals surface area contributed by atoms with Crippen LogP contribution in [0.5, 0.6) is 0 Å². The average molecular weight is 372 g/mol. The fourth-order valence-corrected chi connectivity index (χ4v) is 0.589. The minimum Gasteiger partial charge on any atom is -0.281 e. The molecule has 4 heteroatoms. The van der Waals surface area contributed by atoms with Gasteiger partial charge in [0.2, 0.25) is 0 Å². The van der Waals surface area contributed by atoms with Gasteiger partial charge in [-0.05, 0) is 5.56 Å². The molecule has 0 amide bonds. The Labute approximate surface area is 104 Å². The van der Waals surface area contributed by atoms with Crippen molar-refractivity contribution in [1.29, 1.82) is 0 Å². The average Bonchev–Trinajstić information content (AvgIpc) is 2.37. The molecule has 3 nitrogen and oxygen atoms in total. The molecule has 0 bridgehead atoms. The van der Waals surface area contributed by atoms with Crippen LogP contribution in [0.25, 0.3) is 6.08 Å². The number of hydrogen-bond acceptors (Lipinski definition) is 3. The first-order valence-electron chi connectivity index (χ1n) is 3.22. The van der Waals surface area contributed by atoms with Crippen LogP contribution in [0.3, 0.4) is 0 Å². The van der Waals surface area contributed by atoms with Crippen molar-refractivity contribution in [2.24, 2.45) is 0 Å². The standard InChI is InChI=1S/C8H8.3CO.W/c1-2-8-6-4-3-5-7-8;3*1-2;/h2-7H,1H2;;;;. The van der Waals surface area contributed by atoms with E-state index < -0.39 is 0 Å². The van der Waals surface area contributed by atoms with E-state index in [0.29, 0.717) is 0 Å². The molecule has 0 N–H and O–H groups in total. The Hall–Kier alpha value is -1.34. The van der Waals surface area contributed by atoms with Gasteiger partial charge in [0.25, 0.3) is 20.4 Å². The summed E-state index contributed by atoms with van der Waals surface area (Å²) in [6.45, 7) is 17.1. The largest absolute Gasteiger partial charge is 0.281 e. The van der Waals surface area contributed by atoms with Crippen LogP contribution in [-0.4, -0.2) is 20.4 Å². The number of benzene rings is 1. The van der Waals surface area contributed by atoms with Crippen LogP contribution in [0.2, 0.25) is 0 Å². The molecule has 1 aromatic rings. The Morgan fingerprint density at radius 3 is 1.40 bits per heavy atom. The first-order chi connectivity index (χ1) is 6.93. The van der Waals surface area contributed by atoms with Crippen LogP contribution in [0.1, 0.15) is 5.56 Å². The predicted molar refractivity (Wildman–Crippen MR) is 53.6 cm³/mol. The SMILES string of the molecule is C=Cc1ccccc1.[C]=O.[C]=O.[C]=O.[W]. The summed E-state index contributed by atoms with van der Waals surface area (Å²) in [6, 6.07) is 10.0. The molecule has 6 radical (unpaired) electrons. The quantitative estimate of drug-likeness (QED) is 0.743. The monoisotopic (exact) mass is 372 g/mol. The second-order valence-electron chi connectivity index (χ2n) is 1.61. The van der Waals surface area contributed by atoms with Crippen molar-refractivity contribution in [3.8, 4) is 0 Å². The van der Waals surface area contributed by atoms with Gasteiger partial charge in [0, 0.05) is 21.1 Å². The second kappa shape index (κ2) is 29.3. The van der Waals surface area contributed by atoms with E-state index in [-0.39, 0.29) is 21.1 Å². The molecule has 15 heavy (non-hydrogen) atoms. The maximum Gasteiger partial charge on any atom is 0.281 e. The summed E-state index contributed by atoms with van der Waals surface area (Å²) >= 11 is 0. The van der Waals surface area contributed by atoms with Crippen molar-refractivity contribution in [3.63, 3.8) is 0 Å². The summed E-state index contributed by atoms with van der Waals surface area (Å²) in [5.41, 5.74) is 1.17.